The van der Waals surface area contributed by atoms with Gasteiger partial charge in [-0.25, -0.2) is 13.1 Å². The first-order chi connectivity index (χ1) is 9.36. The molecule has 4 nitrogen and oxygen atoms in total. The van der Waals surface area contributed by atoms with Crippen molar-refractivity contribution in [3.63, 3.8) is 0 Å². The minimum absolute atomic E-state index is 0.0276. The Balaban J connectivity index is 2.26. The molecule has 1 aliphatic heterocycles. The standard InChI is InChI=1S/C15H24N2O2S/c1-4-15(2,3)11-17-20(18,19)14-9-5-8-13-12(14)7-6-10-16-13/h5,8-9,16-17H,4,6-7,10-11H2,1-3H3. The third-order valence-electron chi connectivity index (χ3n) is 4.04. The van der Waals surface area contributed by atoms with Crippen LogP contribution in [0.25, 0.3) is 0 Å². The molecule has 1 aliphatic rings. The SMILES string of the molecule is CCC(C)(C)CNS(=O)(=O)c1cccc2c1CCCN2. The van der Waals surface area contributed by atoms with Gasteiger partial charge >= 0.3 is 0 Å². The lowest BCUT2D eigenvalue weighted by Gasteiger charge is -2.24. The van der Waals surface area contributed by atoms with Gasteiger partial charge in [0.1, 0.15) is 0 Å². The summed E-state index contributed by atoms with van der Waals surface area (Å²) in [6.45, 7) is 7.58. The summed E-state index contributed by atoms with van der Waals surface area (Å²) in [5.41, 5.74) is 1.84. The van der Waals surface area contributed by atoms with Crippen LogP contribution in [0.1, 0.15) is 39.2 Å². The first-order valence-corrected chi connectivity index (χ1v) is 8.69. The van der Waals surface area contributed by atoms with E-state index in [-0.39, 0.29) is 5.41 Å². The molecule has 0 unspecified atom stereocenters. The fourth-order valence-corrected chi connectivity index (χ4v) is 3.75. The zero-order valence-corrected chi connectivity index (χ0v) is 13.3. The molecule has 0 saturated heterocycles. The molecule has 2 rings (SSSR count). The van der Waals surface area contributed by atoms with E-state index in [9.17, 15) is 8.42 Å². The predicted octanol–water partition coefficient (Wildman–Crippen LogP) is 2.76. The van der Waals surface area contributed by atoms with E-state index in [1.807, 2.05) is 6.07 Å². The zero-order valence-electron chi connectivity index (χ0n) is 12.5. The molecule has 0 aliphatic carbocycles. The van der Waals surface area contributed by atoms with Crippen LogP contribution in [0.2, 0.25) is 0 Å². The third kappa shape index (κ3) is 3.33. The molecular weight excluding hydrogens is 272 g/mol. The van der Waals surface area contributed by atoms with Crippen LogP contribution >= 0.6 is 0 Å². The molecule has 20 heavy (non-hydrogen) atoms. The van der Waals surface area contributed by atoms with Crippen LogP contribution in [-0.2, 0) is 16.4 Å². The molecular formula is C15H24N2O2S. The van der Waals surface area contributed by atoms with Gasteiger partial charge in [-0.05, 0) is 42.4 Å². The van der Waals surface area contributed by atoms with E-state index in [0.717, 1.165) is 37.1 Å². The van der Waals surface area contributed by atoms with Gasteiger partial charge in [-0.3, -0.25) is 0 Å². The van der Waals surface area contributed by atoms with Gasteiger partial charge in [-0.1, -0.05) is 26.8 Å². The van der Waals surface area contributed by atoms with Crippen molar-refractivity contribution in [2.75, 3.05) is 18.4 Å². The third-order valence-corrected chi connectivity index (χ3v) is 5.53. The molecule has 5 heteroatoms. The molecule has 0 atom stereocenters. The van der Waals surface area contributed by atoms with E-state index in [1.54, 1.807) is 12.1 Å². The Morgan fingerprint density at radius 3 is 2.80 bits per heavy atom. The first-order valence-electron chi connectivity index (χ1n) is 7.21. The molecule has 2 N–H and O–H groups in total. The van der Waals surface area contributed by atoms with E-state index in [4.69, 9.17) is 0 Å². The van der Waals surface area contributed by atoms with E-state index < -0.39 is 10.0 Å². The molecule has 0 spiro atoms. The predicted molar refractivity (Wildman–Crippen MR) is 82.5 cm³/mol. The van der Waals surface area contributed by atoms with Gasteiger partial charge < -0.3 is 5.32 Å². The maximum Gasteiger partial charge on any atom is 0.240 e. The van der Waals surface area contributed by atoms with E-state index in [2.05, 4.69) is 30.8 Å². The quantitative estimate of drug-likeness (QED) is 0.878. The van der Waals surface area contributed by atoms with Crippen molar-refractivity contribution in [3.05, 3.63) is 23.8 Å². The van der Waals surface area contributed by atoms with Crippen molar-refractivity contribution >= 4 is 15.7 Å². The highest BCUT2D eigenvalue weighted by Gasteiger charge is 2.24. The van der Waals surface area contributed by atoms with Crippen LogP contribution in [0.5, 0.6) is 0 Å². The maximum atomic E-state index is 12.5. The van der Waals surface area contributed by atoms with Gasteiger partial charge in [-0.15, -0.1) is 0 Å². The smallest absolute Gasteiger partial charge is 0.240 e. The molecule has 0 radical (unpaired) electrons. The fourth-order valence-electron chi connectivity index (χ4n) is 2.22. The summed E-state index contributed by atoms with van der Waals surface area (Å²) in [5, 5.41) is 3.27. The van der Waals surface area contributed by atoms with Crippen LogP contribution in [0.15, 0.2) is 23.1 Å². The van der Waals surface area contributed by atoms with Crippen molar-refractivity contribution < 1.29 is 8.42 Å². The molecule has 0 saturated carbocycles. The minimum Gasteiger partial charge on any atom is -0.385 e. The van der Waals surface area contributed by atoms with E-state index in [0.29, 0.717) is 11.4 Å². The van der Waals surface area contributed by atoms with Crippen LogP contribution in [0, 0.1) is 5.41 Å². The number of benzene rings is 1. The Kier molecular flexibility index (Phi) is 4.39. The molecule has 0 amide bonds. The van der Waals surface area contributed by atoms with Crippen molar-refractivity contribution in [2.45, 2.75) is 44.9 Å². The monoisotopic (exact) mass is 296 g/mol. The van der Waals surface area contributed by atoms with Crippen molar-refractivity contribution in [1.29, 1.82) is 0 Å². The molecule has 1 heterocycles. The zero-order chi connectivity index (χ0) is 14.8. The van der Waals surface area contributed by atoms with Crippen LogP contribution in [0.4, 0.5) is 5.69 Å². The highest BCUT2D eigenvalue weighted by molar-refractivity contribution is 7.89. The lowest BCUT2D eigenvalue weighted by Crippen LogP contribution is -2.34. The molecule has 0 fully saturated rings. The summed E-state index contributed by atoms with van der Waals surface area (Å²) in [5.74, 6) is 0. The number of rotatable bonds is 5. The topological polar surface area (TPSA) is 58.2 Å². The maximum absolute atomic E-state index is 12.5. The summed E-state index contributed by atoms with van der Waals surface area (Å²) in [6.07, 6.45) is 2.72. The Labute approximate surface area is 122 Å². The van der Waals surface area contributed by atoms with E-state index in [1.165, 1.54) is 0 Å². The number of nitrogens with one attached hydrogen (secondary N) is 2. The number of anilines is 1. The molecule has 112 valence electrons. The fraction of sp³-hybridized carbons (Fsp3) is 0.600. The highest BCUT2D eigenvalue weighted by Crippen LogP contribution is 2.28. The van der Waals surface area contributed by atoms with Crippen LogP contribution in [-0.4, -0.2) is 21.5 Å². The average molecular weight is 296 g/mol. The van der Waals surface area contributed by atoms with E-state index >= 15 is 0 Å². The Hall–Kier alpha value is -1.07. The van der Waals surface area contributed by atoms with Crippen LogP contribution < -0.4 is 10.0 Å². The largest absolute Gasteiger partial charge is 0.385 e. The normalized spacial score (nSPS) is 15.6. The van der Waals surface area contributed by atoms with Crippen molar-refractivity contribution in [1.82, 2.24) is 4.72 Å². The van der Waals surface area contributed by atoms with Gasteiger partial charge in [0.05, 0.1) is 4.90 Å². The molecule has 0 aromatic heterocycles. The van der Waals surface area contributed by atoms with Gasteiger partial charge in [-0.2, -0.15) is 0 Å². The Bertz CT molecular complexity index is 580. The summed E-state index contributed by atoms with van der Waals surface area (Å²) in [7, 11) is -3.44. The highest BCUT2D eigenvalue weighted by atomic mass is 32.2. The second-order valence-corrected chi connectivity index (χ2v) is 7.89. The summed E-state index contributed by atoms with van der Waals surface area (Å²) in [6, 6.07) is 5.45. The number of hydrogen-bond acceptors (Lipinski definition) is 3. The average Bonchev–Trinajstić information content (AvgIpc) is 2.45. The number of hydrogen-bond donors (Lipinski definition) is 2. The van der Waals surface area contributed by atoms with Crippen molar-refractivity contribution in [2.24, 2.45) is 5.41 Å². The second-order valence-electron chi connectivity index (χ2n) is 6.15. The van der Waals surface area contributed by atoms with Crippen LogP contribution in [0.3, 0.4) is 0 Å². The summed E-state index contributed by atoms with van der Waals surface area (Å²) in [4.78, 5) is 0.425. The molecule has 1 aromatic rings. The Morgan fingerprint density at radius 1 is 1.35 bits per heavy atom. The summed E-state index contributed by atoms with van der Waals surface area (Å²) < 4.78 is 27.8. The lowest BCUT2D eigenvalue weighted by atomic mass is 9.91. The molecule has 1 aromatic carbocycles. The first kappa shape index (κ1) is 15.3. The summed E-state index contributed by atoms with van der Waals surface area (Å²) >= 11 is 0. The Morgan fingerprint density at radius 2 is 2.10 bits per heavy atom. The minimum atomic E-state index is -3.44. The lowest BCUT2D eigenvalue weighted by molar-refractivity contribution is 0.350. The number of sulfonamides is 1. The van der Waals surface area contributed by atoms with Gasteiger partial charge in [0, 0.05) is 18.8 Å². The van der Waals surface area contributed by atoms with Crippen molar-refractivity contribution in [3.8, 4) is 0 Å². The van der Waals surface area contributed by atoms with Gasteiger partial charge in [0.15, 0.2) is 0 Å². The van der Waals surface area contributed by atoms with Gasteiger partial charge in [0.2, 0.25) is 10.0 Å². The molecule has 0 bridgehead atoms. The van der Waals surface area contributed by atoms with Gasteiger partial charge in [0.25, 0.3) is 0 Å². The second kappa shape index (κ2) is 5.74. The number of fused-ring (bicyclic) bond motifs is 1.